The fourth-order valence-electron chi connectivity index (χ4n) is 1.63. The number of aryl methyl sites for hydroxylation is 1. The number of anilines is 1. The quantitative estimate of drug-likeness (QED) is 0.868. The molecular weight excluding hydrogens is 310 g/mol. The van der Waals surface area contributed by atoms with E-state index in [1.165, 1.54) is 18.3 Å². The van der Waals surface area contributed by atoms with Crippen LogP contribution >= 0.6 is 22.9 Å². The van der Waals surface area contributed by atoms with Gasteiger partial charge in [-0.05, 0) is 44.2 Å². The molecule has 21 heavy (non-hydrogen) atoms. The molecule has 0 aliphatic rings. The van der Waals surface area contributed by atoms with Crippen LogP contribution in [0.4, 0.5) is 5.69 Å². The number of benzene rings is 1. The first-order chi connectivity index (χ1) is 9.95. The number of halogens is 1. The Hall–Kier alpha value is -1.85. The van der Waals surface area contributed by atoms with E-state index in [4.69, 9.17) is 16.3 Å². The summed E-state index contributed by atoms with van der Waals surface area (Å²) in [7, 11) is 0. The lowest BCUT2D eigenvalue weighted by atomic mass is 10.3. The zero-order chi connectivity index (χ0) is 15.4. The third-order valence-electron chi connectivity index (χ3n) is 2.69. The van der Waals surface area contributed by atoms with Gasteiger partial charge in [0.25, 0.3) is 5.91 Å². The number of thiophene rings is 1. The Bertz CT molecular complexity index is 668. The molecule has 0 spiro atoms. The van der Waals surface area contributed by atoms with Crippen LogP contribution in [0.3, 0.4) is 0 Å². The summed E-state index contributed by atoms with van der Waals surface area (Å²) >= 11 is 7.17. The topological polar surface area (TPSA) is 55.4 Å². The van der Waals surface area contributed by atoms with Gasteiger partial charge in [-0.3, -0.25) is 4.79 Å². The lowest BCUT2D eigenvalue weighted by Crippen LogP contribution is -2.29. The van der Waals surface area contributed by atoms with Crippen molar-refractivity contribution in [2.75, 3.05) is 5.32 Å². The molecule has 1 aromatic heterocycles. The number of amides is 1. The Labute approximate surface area is 131 Å². The highest BCUT2D eigenvalue weighted by atomic mass is 35.5. The lowest BCUT2D eigenvalue weighted by molar-refractivity contribution is -0.123. The van der Waals surface area contributed by atoms with Crippen molar-refractivity contribution in [2.24, 2.45) is 0 Å². The third-order valence-corrected chi connectivity index (χ3v) is 3.90. The minimum atomic E-state index is -0.890. The van der Waals surface area contributed by atoms with Crippen LogP contribution in [0.5, 0.6) is 0 Å². The number of carbonyl (C=O) groups is 2. The number of carbonyl (C=O) groups excluding carboxylic acids is 2. The second kappa shape index (κ2) is 6.74. The van der Waals surface area contributed by atoms with E-state index in [0.29, 0.717) is 15.6 Å². The van der Waals surface area contributed by atoms with Gasteiger partial charge < -0.3 is 10.1 Å². The maximum Gasteiger partial charge on any atom is 0.349 e. The number of ether oxygens (including phenoxy) is 1. The maximum atomic E-state index is 12.0. The number of rotatable bonds is 4. The maximum absolute atomic E-state index is 12.0. The zero-order valence-electron chi connectivity index (χ0n) is 11.6. The number of esters is 1. The first-order valence-electron chi connectivity index (χ1n) is 6.29. The van der Waals surface area contributed by atoms with Gasteiger partial charge in [-0.15, -0.1) is 11.3 Å². The number of nitrogens with one attached hydrogen (secondary N) is 1. The largest absolute Gasteiger partial charge is 0.448 e. The molecule has 0 saturated heterocycles. The summed E-state index contributed by atoms with van der Waals surface area (Å²) < 4.78 is 5.14. The molecule has 0 saturated carbocycles. The van der Waals surface area contributed by atoms with Gasteiger partial charge in [0, 0.05) is 15.6 Å². The number of hydrogen-bond acceptors (Lipinski definition) is 4. The molecular formula is C15H14ClNO3S. The van der Waals surface area contributed by atoms with E-state index in [1.54, 1.807) is 30.3 Å². The van der Waals surface area contributed by atoms with Crippen molar-refractivity contribution in [3.05, 3.63) is 51.2 Å². The van der Waals surface area contributed by atoms with Gasteiger partial charge >= 0.3 is 5.97 Å². The van der Waals surface area contributed by atoms with E-state index in [-0.39, 0.29) is 0 Å². The van der Waals surface area contributed by atoms with Crippen molar-refractivity contribution in [1.82, 2.24) is 0 Å². The first-order valence-corrected chi connectivity index (χ1v) is 7.49. The minimum absolute atomic E-state index is 0.404. The lowest BCUT2D eigenvalue weighted by Gasteiger charge is -2.13. The van der Waals surface area contributed by atoms with E-state index in [2.05, 4.69) is 5.32 Å². The summed E-state index contributed by atoms with van der Waals surface area (Å²) in [5.41, 5.74) is 0.558. The Balaban J connectivity index is 1.95. The van der Waals surface area contributed by atoms with Crippen LogP contribution in [0.25, 0.3) is 0 Å². The standard InChI is InChI=1S/C15H14ClNO3S/c1-9-6-7-13(21-9)15(19)20-10(2)14(18)17-12-5-3-4-11(16)8-12/h3-8,10H,1-2H3,(H,17,18). The average Bonchev–Trinajstić information content (AvgIpc) is 2.85. The molecule has 0 radical (unpaired) electrons. The SMILES string of the molecule is Cc1ccc(C(=O)OC(C)C(=O)Nc2cccc(Cl)c2)s1. The highest BCUT2D eigenvalue weighted by molar-refractivity contribution is 7.13. The molecule has 2 aromatic rings. The highest BCUT2D eigenvalue weighted by Gasteiger charge is 2.20. The van der Waals surface area contributed by atoms with Gasteiger partial charge in [0.15, 0.2) is 6.10 Å². The van der Waals surface area contributed by atoms with Crippen molar-refractivity contribution < 1.29 is 14.3 Å². The van der Waals surface area contributed by atoms with Crippen LogP contribution in [0.1, 0.15) is 21.5 Å². The van der Waals surface area contributed by atoms with Crippen LogP contribution < -0.4 is 5.32 Å². The van der Waals surface area contributed by atoms with E-state index in [1.807, 2.05) is 13.0 Å². The summed E-state index contributed by atoms with van der Waals surface area (Å²) in [5.74, 6) is -0.902. The molecule has 1 amide bonds. The molecule has 0 aliphatic heterocycles. The molecule has 110 valence electrons. The summed E-state index contributed by atoms with van der Waals surface area (Å²) in [4.78, 5) is 25.3. The molecule has 1 N–H and O–H groups in total. The minimum Gasteiger partial charge on any atom is -0.448 e. The van der Waals surface area contributed by atoms with E-state index >= 15 is 0 Å². The predicted molar refractivity (Wildman–Crippen MR) is 84.0 cm³/mol. The predicted octanol–water partition coefficient (Wildman–Crippen LogP) is 3.89. The molecule has 1 unspecified atom stereocenters. The monoisotopic (exact) mass is 323 g/mol. The van der Waals surface area contributed by atoms with Gasteiger partial charge in [-0.2, -0.15) is 0 Å². The third kappa shape index (κ3) is 4.31. The second-order valence-corrected chi connectivity index (χ2v) is 6.18. The molecule has 1 heterocycles. The van der Waals surface area contributed by atoms with Crippen LogP contribution in [0.2, 0.25) is 5.02 Å². The molecule has 2 rings (SSSR count). The Morgan fingerprint density at radius 2 is 2.05 bits per heavy atom. The van der Waals surface area contributed by atoms with Crippen LogP contribution in [0, 0.1) is 6.92 Å². The average molecular weight is 324 g/mol. The van der Waals surface area contributed by atoms with Crippen molar-refractivity contribution in [3.8, 4) is 0 Å². The molecule has 0 bridgehead atoms. The summed E-state index contributed by atoms with van der Waals surface area (Å²) in [5, 5.41) is 3.17. The summed E-state index contributed by atoms with van der Waals surface area (Å²) in [6.45, 7) is 3.43. The summed E-state index contributed by atoms with van der Waals surface area (Å²) in [6, 6.07) is 10.3. The van der Waals surface area contributed by atoms with E-state index in [9.17, 15) is 9.59 Å². The van der Waals surface area contributed by atoms with Crippen molar-refractivity contribution in [2.45, 2.75) is 20.0 Å². The van der Waals surface area contributed by atoms with Crippen molar-refractivity contribution in [3.63, 3.8) is 0 Å². The second-order valence-electron chi connectivity index (χ2n) is 4.46. The Kier molecular flexibility index (Phi) is 4.98. The van der Waals surface area contributed by atoms with E-state index < -0.39 is 18.0 Å². The van der Waals surface area contributed by atoms with Crippen molar-refractivity contribution in [1.29, 1.82) is 0 Å². The van der Waals surface area contributed by atoms with Crippen LogP contribution in [-0.2, 0) is 9.53 Å². The normalized spacial score (nSPS) is 11.8. The molecule has 6 heteroatoms. The van der Waals surface area contributed by atoms with Gasteiger partial charge in [0.2, 0.25) is 0 Å². The molecule has 1 atom stereocenters. The summed E-state index contributed by atoms with van der Waals surface area (Å²) in [6.07, 6.45) is -0.890. The zero-order valence-corrected chi connectivity index (χ0v) is 13.1. The van der Waals surface area contributed by atoms with Crippen LogP contribution in [-0.4, -0.2) is 18.0 Å². The fourth-order valence-corrected chi connectivity index (χ4v) is 2.57. The van der Waals surface area contributed by atoms with Crippen molar-refractivity contribution >= 4 is 40.5 Å². The van der Waals surface area contributed by atoms with Crippen LogP contribution in [0.15, 0.2) is 36.4 Å². The smallest absolute Gasteiger partial charge is 0.349 e. The molecule has 0 fully saturated rings. The van der Waals surface area contributed by atoms with Gasteiger partial charge in [-0.25, -0.2) is 4.79 Å². The van der Waals surface area contributed by atoms with Gasteiger partial charge in [0.05, 0.1) is 0 Å². The fraction of sp³-hybridized carbons (Fsp3) is 0.200. The Morgan fingerprint density at radius 1 is 1.29 bits per heavy atom. The molecule has 1 aromatic carbocycles. The van der Waals surface area contributed by atoms with Gasteiger partial charge in [0.1, 0.15) is 4.88 Å². The first kappa shape index (κ1) is 15.5. The Morgan fingerprint density at radius 3 is 2.67 bits per heavy atom. The number of hydrogen-bond donors (Lipinski definition) is 1. The highest BCUT2D eigenvalue weighted by Crippen LogP contribution is 2.18. The van der Waals surface area contributed by atoms with Gasteiger partial charge in [-0.1, -0.05) is 17.7 Å². The molecule has 0 aliphatic carbocycles. The van der Waals surface area contributed by atoms with E-state index in [0.717, 1.165) is 4.88 Å². The molecule has 4 nitrogen and oxygen atoms in total.